The first kappa shape index (κ1) is 13.0. The van der Waals surface area contributed by atoms with Crippen LogP contribution in [0.15, 0.2) is 29.2 Å². The predicted molar refractivity (Wildman–Crippen MR) is 76.5 cm³/mol. The van der Waals surface area contributed by atoms with E-state index in [2.05, 4.69) is 36.1 Å². The predicted octanol–water partition coefficient (Wildman–Crippen LogP) is 2.36. The van der Waals surface area contributed by atoms with Crippen molar-refractivity contribution in [1.29, 1.82) is 0 Å². The van der Waals surface area contributed by atoms with Gasteiger partial charge in [-0.1, -0.05) is 25.1 Å². The van der Waals surface area contributed by atoms with Crippen molar-refractivity contribution in [3.05, 3.63) is 29.8 Å². The number of carboxylic acid groups (broad SMARTS) is 1. The molecule has 1 saturated heterocycles. The van der Waals surface area contributed by atoms with Gasteiger partial charge < -0.3 is 10.0 Å². The van der Waals surface area contributed by atoms with E-state index in [9.17, 15) is 9.90 Å². The first-order chi connectivity index (χ1) is 9.13. The Morgan fingerprint density at radius 2 is 2.21 bits per heavy atom. The van der Waals surface area contributed by atoms with Crippen LogP contribution in [0.1, 0.15) is 12.5 Å². The summed E-state index contributed by atoms with van der Waals surface area (Å²) in [7, 11) is 0. The molecule has 0 aliphatic carbocycles. The lowest BCUT2D eigenvalue weighted by Gasteiger charge is -2.19. The van der Waals surface area contributed by atoms with Gasteiger partial charge in [-0.15, -0.1) is 11.8 Å². The summed E-state index contributed by atoms with van der Waals surface area (Å²) >= 11 is 1.94. The van der Waals surface area contributed by atoms with E-state index in [4.69, 9.17) is 0 Å². The summed E-state index contributed by atoms with van der Waals surface area (Å²) < 4.78 is 0. The molecule has 0 aromatic heterocycles. The molecule has 2 heterocycles. The molecule has 2 aliphatic heterocycles. The topological polar surface area (TPSA) is 40.5 Å². The highest BCUT2D eigenvalue weighted by Crippen LogP contribution is 2.38. The minimum atomic E-state index is -0.641. The van der Waals surface area contributed by atoms with E-state index in [-0.39, 0.29) is 11.8 Å². The standard InChI is InChI=1S/C15H19NO2S/c1-10-7-16(9-13(10)15(17)18)8-12-6-11-4-2-3-5-14(11)19-12/h2-5,10,12-13H,6-9H2,1H3,(H,17,18). The zero-order chi connectivity index (χ0) is 13.4. The second-order valence-corrected chi connectivity index (χ2v) is 7.03. The minimum absolute atomic E-state index is 0.186. The van der Waals surface area contributed by atoms with Gasteiger partial charge >= 0.3 is 5.97 Å². The number of benzene rings is 1. The molecule has 0 spiro atoms. The van der Waals surface area contributed by atoms with Crippen LogP contribution in [0.2, 0.25) is 0 Å². The van der Waals surface area contributed by atoms with Crippen molar-refractivity contribution in [3.8, 4) is 0 Å². The van der Waals surface area contributed by atoms with Gasteiger partial charge in [0.05, 0.1) is 5.92 Å². The second-order valence-electron chi connectivity index (χ2n) is 5.69. The zero-order valence-corrected chi connectivity index (χ0v) is 11.9. The molecular weight excluding hydrogens is 258 g/mol. The van der Waals surface area contributed by atoms with Crippen LogP contribution in [0, 0.1) is 11.8 Å². The Morgan fingerprint density at radius 3 is 2.89 bits per heavy atom. The Hall–Kier alpha value is -1.00. The highest BCUT2D eigenvalue weighted by Gasteiger charge is 2.36. The normalized spacial score (nSPS) is 30.5. The molecule has 19 heavy (non-hydrogen) atoms. The first-order valence-corrected chi connectivity index (χ1v) is 7.71. The number of nitrogens with zero attached hydrogens (tertiary/aromatic N) is 1. The lowest BCUT2D eigenvalue weighted by molar-refractivity contribution is -0.142. The molecule has 4 heteroatoms. The number of hydrogen-bond donors (Lipinski definition) is 1. The molecule has 0 radical (unpaired) electrons. The van der Waals surface area contributed by atoms with Crippen molar-refractivity contribution in [1.82, 2.24) is 4.90 Å². The highest BCUT2D eigenvalue weighted by molar-refractivity contribution is 8.00. The van der Waals surface area contributed by atoms with Crippen LogP contribution < -0.4 is 0 Å². The Kier molecular flexibility index (Phi) is 3.54. The van der Waals surface area contributed by atoms with Crippen LogP contribution in [-0.2, 0) is 11.2 Å². The molecule has 0 amide bonds. The molecule has 2 aliphatic rings. The summed E-state index contributed by atoms with van der Waals surface area (Å²) in [4.78, 5) is 14.9. The van der Waals surface area contributed by atoms with Crippen LogP contribution in [-0.4, -0.2) is 40.9 Å². The second kappa shape index (κ2) is 5.17. The number of aliphatic carboxylic acids is 1. The van der Waals surface area contributed by atoms with E-state index >= 15 is 0 Å². The van der Waals surface area contributed by atoms with Gasteiger partial charge in [0, 0.05) is 29.8 Å². The third kappa shape index (κ3) is 2.65. The van der Waals surface area contributed by atoms with E-state index in [0.717, 1.165) is 19.5 Å². The quantitative estimate of drug-likeness (QED) is 0.921. The molecule has 3 atom stereocenters. The largest absolute Gasteiger partial charge is 0.481 e. The lowest BCUT2D eigenvalue weighted by atomic mass is 9.99. The molecular formula is C15H19NO2S. The first-order valence-electron chi connectivity index (χ1n) is 6.83. The van der Waals surface area contributed by atoms with Crippen LogP contribution in [0.25, 0.3) is 0 Å². The number of fused-ring (bicyclic) bond motifs is 1. The molecule has 3 rings (SSSR count). The van der Waals surface area contributed by atoms with Gasteiger partial charge in [0.1, 0.15) is 0 Å². The third-order valence-corrected chi connectivity index (χ3v) is 5.48. The van der Waals surface area contributed by atoms with Crippen LogP contribution >= 0.6 is 11.8 Å². The van der Waals surface area contributed by atoms with E-state index in [1.165, 1.54) is 10.5 Å². The van der Waals surface area contributed by atoms with Gasteiger partial charge in [0.25, 0.3) is 0 Å². The van der Waals surface area contributed by atoms with Gasteiger partial charge in [-0.3, -0.25) is 4.79 Å². The summed E-state index contributed by atoms with van der Waals surface area (Å²) in [5.41, 5.74) is 1.44. The maximum atomic E-state index is 11.1. The van der Waals surface area contributed by atoms with Crippen LogP contribution in [0.3, 0.4) is 0 Å². The summed E-state index contributed by atoms with van der Waals surface area (Å²) in [6.45, 7) is 4.69. The molecule has 1 N–H and O–H groups in total. The Morgan fingerprint density at radius 1 is 1.42 bits per heavy atom. The van der Waals surface area contributed by atoms with Crippen molar-refractivity contribution in [2.24, 2.45) is 11.8 Å². The van der Waals surface area contributed by atoms with Crippen molar-refractivity contribution in [3.63, 3.8) is 0 Å². The van der Waals surface area contributed by atoms with Crippen molar-refractivity contribution in [2.45, 2.75) is 23.5 Å². The summed E-state index contributed by atoms with van der Waals surface area (Å²) in [6, 6.07) is 8.58. The number of carbonyl (C=O) groups is 1. The fourth-order valence-electron chi connectivity index (χ4n) is 3.18. The fourth-order valence-corrected chi connectivity index (χ4v) is 4.55. The lowest BCUT2D eigenvalue weighted by Crippen LogP contribution is -2.30. The Bertz CT molecular complexity index is 466. The molecule has 1 aromatic rings. The average Bonchev–Trinajstić information content (AvgIpc) is 2.92. The fraction of sp³-hybridized carbons (Fsp3) is 0.533. The van der Waals surface area contributed by atoms with Crippen molar-refractivity contribution < 1.29 is 9.90 Å². The Balaban J connectivity index is 1.59. The molecule has 1 aromatic carbocycles. The zero-order valence-electron chi connectivity index (χ0n) is 11.1. The summed E-state index contributed by atoms with van der Waals surface area (Å²) in [6.07, 6.45) is 1.11. The van der Waals surface area contributed by atoms with Crippen molar-refractivity contribution >= 4 is 17.7 Å². The summed E-state index contributed by atoms with van der Waals surface area (Å²) in [5, 5.41) is 9.75. The van der Waals surface area contributed by atoms with E-state index in [1.807, 2.05) is 11.8 Å². The maximum absolute atomic E-state index is 11.1. The molecule has 0 bridgehead atoms. The number of likely N-dealkylation sites (tertiary alicyclic amines) is 1. The molecule has 3 unspecified atom stereocenters. The minimum Gasteiger partial charge on any atom is -0.481 e. The number of rotatable bonds is 3. The number of carboxylic acids is 1. The van der Waals surface area contributed by atoms with E-state index in [0.29, 0.717) is 11.8 Å². The van der Waals surface area contributed by atoms with Gasteiger partial charge in [-0.05, 0) is 24.0 Å². The van der Waals surface area contributed by atoms with Crippen LogP contribution in [0.4, 0.5) is 0 Å². The highest BCUT2D eigenvalue weighted by atomic mass is 32.2. The third-order valence-electron chi connectivity index (χ3n) is 4.18. The van der Waals surface area contributed by atoms with Crippen LogP contribution in [0.5, 0.6) is 0 Å². The molecule has 3 nitrogen and oxygen atoms in total. The monoisotopic (exact) mass is 277 g/mol. The molecule has 102 valence electrons. The van der Waals surface area contributed by atoms with Crippen molar-refractivity contribution in [2.75, 3.05) is 19.6 Å². The maximum Gasteiger partial charge on any atom is 0.308 e. The summed E-state index contributed by atoms with van der Waals surface area (Å²) in [5.74, 6) is -0.558. The molecule has 1 fully saturated rings. The van der Waals surface area contributed by atoms with Gasteiger partial charge in [0.15, 0.2) is 0 Å². The number of thioether (sulfide) groups is 1. The van der Waals surface area contributed by atoms with Gasteiger partial charge in [0.2, 0.25) is 0 Å². The molecule has 0 saturated carbocycles. The SMILES string of the molecule is CC1CN(CC2Cc3ccccc3S2)CC1C(=O)O. The Labute approximate surface area is 118 Å². The number of hydrogen-bond acceptors (Lipinski definition) is 3. The smallest absolute Gasteiger partial charge is 0.308 e. The van der Waals surface area contributed by atoms with E-state index < -0.39 is 5.97 Å². The average molecular weight is 277 g/mol. The van der Waals surface area contributed by atoms with E-state index in [1.54, 1.807) is 0 Å². The van der Waals surface area contributed by atoms with Gasteiger partial charge in [-0.2, -0.15) is 0 Å². The van der Waals surface area contributed by atoms with Gasteiger partial charge in [-0.25, -0.2) is 0 Å².